The van der Waals surface area contributed by atoms with Crippen LogP contribution in [0.4, 0.5) is 13.2 Å². The Labute approximate surface area is 121 Å². The average molecular weight is 313 g/mol. The Balaban J connectivity index is 2.08. The largest absolute Gasteiger partial charge is 0.467 e. The Morgan fingerprint density at radius 2 is 2.09 bits per heavy atom. The monoisotopic (exact) mass is 313 g/mol. The second kappa shape index (κ2) is 4.54. The highest BCUT2D eigenvalue weighted by Crippen LogP contribution is 2.52. The van der Waals surface area contributed by atoms with Crippen molar-refractivity contribution in [2.75, 3.05) is 7.11 Å². The fraction of sp³-hybridized carbons (Fsp3) is 0.308. The van der Waals surface area contributed by atoms with Gasteiger partial charge in [-0.15, -0.1) is 10.2 Å². The quantitative estimate of drug-likeness (QED) is 0.854. The molecule has 0 aliphatic carbocycles. The third-order valence-electron chi connectivity index (χ3n) is 3.53. The Bertz CT molecular complexity index is 776. The van der Waals surface area contributed by atoms with Crippen molar-refractivity contribution in [3.63, 3.8) is 0 Å². The summed E-state index contributed by atoms with van der Waals surface area (Å²) < 4.78 is 43.5. The smallest absolute Gasteiger partial charge is 0.442 e. The standard InChI is InChI=1S/C13H10F3N3O3/c1-22-11(21)10(20)8-5-17-9-3-2-6(4-7(8)9)12(18-19-12)13(14,15)16/h2-5,10,17,20H,1H3. The van der Waals surface area contributed by atoms with Crippen molar-refractivity contribution in [3.8, 4) is 0 Å². The van der Waals surface area contributed by atoms with Crippen LogP contribution in [0.5, 0.6) is 0 Å². The van der Waals surface area contributed by atoms with Crippen molar-refractivity contribution in [2.45, 2.75) is 17.9 Å². The van der Waals surface area contributed by atoms with Gasteiger partial charge in [-0.1, -0.05) is 6.07 Å². The van der Waals surface area contributed by atoms with E-state index < -0.39 is 23.9 Å². The molecule has 0 saturated heterocycles. The van der Waals surface area contributed by atoms with E-state index in [2.05, 4.69) is 19.9 Å². The number of hydrogen-bond donors (Lipinski definition) is 2. The average Bonchev–Trinajstić information content (AvgIpc) is 3.20. The molecule has 6 nitrogen and oxygen atoms in total. The number of methoxy groups -OCH3 is 1. The van der Waals surface area contributed by atoms with Gasteiger partial charge in [-0.3, -0.25) is 0 Å². The lowest BCUT2D eigenvalue weighted by molar-refractivity contribution is -0.166. The summed E-state index contributed by atoms with van der Waals surface area (Å²) in [4.78, 5) is 14.2. The molecule has 0 saturated carbocycles. The van der Waals surface area contributed by atoms with E-state index in [0.717, 1.165) is 7.11 Å². The molecule has 2 N–H and O–H groups in total. The molecule has 22 heavy (non-hydrogen) atoms. The first-order chi connectivity index (χ1) is 10.3. The number of benzene rings is 1. The molecule has 0 fully saturated rings. The summed E-state index contributed by atoms with van der Waals surface area (Å²) in [6.07, 6.45) is -4.89. The van der Waals surface area contributed by atoms with Crippen LogP contribution in [0.3, 0.4) is 0 Å². The Morgan fingerprint density at radius 1 is 1.41 bits per heavy atom. The zero-order valence-electron chi connectivity index (χ0n) is 11.2. The number of H-pyrrole nitrogens is 1. The number of rotatable bonds is 3. The van der Waals surface area contributed by atoms with E-state index in [0.29, 0.717) is 5.52 Å². The number of aliphatic hydroxyl groups excluding tert-OH is 1. The van der Waals surface area contributed by atoms with E-state index in [9.17, 15) is 23.1 Å². The van der Waals surface area contributed by atoms with E-state index in [4.69, 9.17) is 0 Å². The molecule has 0 amide bonds. The molecule has 9 heteroatoms. The number of nitrogens with zero attached hydrogens (tertiary/aromatic N) is 2. The number of hydrogen-bond acceptors (Lipinski definition) is 5. The molecule has 2 aromatic rings. The lowest BCUT2D eigenvalue weighted by Crippen LogP contribution is -2.30. The van der Waals surface area contributed by atoms with Gasteiger partial charge in [-0.25, -0.2) is 4.79 Å². The van der Waals surface area contributed by atoms with Crippen LogP contribution in [0.25, 0.3) is 10.9 Å². The highest BCUT2D eigenvalue weighted by molar-refractivity contribution is 5.89. The van der Waals surface area contributed by atoms with E-state index in [1.807, 2.05) is 0 Å². The van der Waals surface area contributed by atoms with Gasteiger partial charge in [-0.05, 0) is 12.1 Å². The van der Waals surface area contributed by atoms with Gasteiger partial charge in [-0.2, -0.15) is 13.2 Å². The molecular weight excluding hydrogens is 303 g/mol. The highest BCUT2D eigenvalue weighted by atomic mass is 19.4. The van der Waals surface area contributed by atoms with Crippen LogP contribution in [0.2, 0.25) is 0 Å². The molecule has 1 aromatic heterocycles. The molecule has 1 aliphatic heterocycles. The Kier molecular flexibility index (Phi) is 2.99. The predicted molar refractivity (Wildman–Crippen MR) is 67.9 cm³/mol. The number of alkyl halides is 3. The van der Waals surface area contributed by atoms with Gasteiger partial charge in [0.1, 0.15) is 0 Å². The number of aromatic amines is 1. The number of ether oxygens (including phenoxy) is 1. The summed E-state index contributed by atoms with van der Waals surface area (Å²) in [6.45, 7) is 0. The van der Waals surface area contributed by atoms with Crippen molar-refractivity contribution < 1.29 is 27.8 Å². The molecule has 3 rings (SSSR count). The normalized spacial score (nSPS) is 17.5. The first kappa shape index (κ1) is 14.5. The van der Waals surface area contributed by atoms with Gasteiger partial charge in [0.05, 0.1) is 7.11 Å². The first-order valence-corrected chi connectivity index (χ1v) is 6.18. The fourth-order valence-electron chi connectivity index (χ4n) is 2.27. The second-order valence-corrected chi connectivity index (χ2v) is 4.80. The second-order valence-electron chi connectivity index (χ2n) is 4.80. The summed E-state index contributed by atoms with van der Waals surface area (Å²) in [6, 6.07) is 3.87. The van der Waals surface area contributed by atoms with Gasteiger partial charge < -0.3 is 14.8 Å². The zero-order valence-corrected chi connectivity index (χ0v) is 11.2. The number of esters is 1. The van der Waals surface area contributed by atoms with Crippen molar-refractivity contribution in [1.82, 2.24) is 4.98 Å². The molecule has 0 radical (unpaired) electrons. The van der Waals surface area contributed by atoms with Crippen LogP contribution >= 0.6 is 0 Å². The molecule has 0 bridgehead atoms. The number of aliphatic hydroxyl groups is 1. The minimum Gasteiger partial charge on any atom is -0.467 e. The summed E-state index contributed by atoms with van der Waals surface area (Å²) in [5.41, 5.74) is -2.13. The van der Waals surface area contributed by atoms with Crippen LogP contribution in [0, 0.1) is 0 Å². The fourth-order valence-corrected chi connectivity index (χ4v) is 2.27. The van der Waals surface area contributed by atoms with E-state index in [-0.39, 0.29) is 16.5 Å². The van der Waals surface area contributed by atoms with Gasteiger partial charge in [0.25, 0.3) is 0 Å². The first-order valence-electron chi connectivity index (χ1n) is 6.18. The van der Waals surface area contributed by atoms with Crippen molar-refractivity contribution in [2.24, 2.45) is 10.2 Å². The van der Waals surface area contributed by atoms with Crippen LogP contribution in [0.15, 0.2) is 34.6 Å². The predicted octanol–water partition coefficient (Wildman–Crippen LogP) is 2.56. The number of nitrogens with one attached hydrogen (secondary N) is 1. The maximum absolute atomic E-state index is 13.0. The SMILES string of the molecule is COC(=O)C(O)c1c[nH]c2ccc(C3(C(F)(F)F)N=N3)cc12. The van der Waals surface area contributed by atoms with Crippen LogP contribution in [-0.2, 0) is 15.2 Å². The van der Waals surface area contributed by atoms with Crippen LogP contribution in [-0.4, -0.2) is 29.3 Å². The van der Waals surface area contributed by atoms with Gasteiger partial charge in [0.15, 0.2) is 6.10 Å². The maximum atomic E-state index is 13.0. The number of carbonyl (C=O) groups excluding carboxylic acids is 1. The number of carbonyl (C=O) groups is 1. The molecule has 1 aromatic carbocycles. The minimum atomic E-state index is -4.64. The zero-order chi connectivity index (χ0) is 16.1. The number of aromatic nitrogens is 1. The van der Waals surface area contributed by atoms with Gasteiger partial charge >= 0.3 is 17.8 Å². The molecular formula is C13H10F3N3O3. The molecule has 116 valence electrons. The van der Waals surface area contributed by atoms with E-state index in [1.165, 1.54) is 24.4 Å². The van der Waals surface area contributed by atoms with Crippen LogP contribution < -0.4 is 0 Å². The van der Waals surface area contributed by atoms with Crippen molar-refractivity contribution in [3.05, 3.63) is 35.5 Å². The number of fused-ring (bicyclic) bond motifs is 1. The van der Waals surface area contributed by atoms with E-state index >= 15 is 0 Å². The number of halogens is 3. The van der Waals surface area contributed by atoms with E-state index in [1.54, 1.807) is 0 Å². The maximum Gasteiger partial charge on any atom is 0.442 e. The van der Waals surface area contributed by atoms with Gasteiger partial charge in [0, 0.05) is 28.2 Å². The van der Waals surface area contributed by atoms with Crippen molar-refractivity contribution >= 4 is 16.9 Å². The summed E-state index contributed by atoms with van der Waals surface area (Å²) >= 11 is 0. The Hall–Kier alpha value is -2.42. The molecule has 0 spiro atoms. The summed E-state index contributed by atoms with van der Waals surface area (Å²) in [7, 11) is 1.10. The summed E-state index contributed by atoms with van der Waals surface area (Å²) in [5, 5.41) is 16.4. The molecule has 2 heterocycles. The Morgan fingerprint density at radius 3 is 2.64 bits per heavy atom. The lowest BCUT2D eigenvalue weighted by Gasteiger charge is -2.15. The van der Waals surface area contributed by atoms with Crippen molar-refractivity contribution in [1.29, 1.82) is 0 Å². The summed E-state index contributed by atoms with van der Waals surface area (Å²) in [5.74, 6) is -0.905. The lowest BCUT2D eigenvalue weighted by atomic mass is 9.99. The third-order valence-corrected chi connectivity index (χ3v) is 3.53. The third kappa shape index (κ3) is 1.97. The molecule has 1 aliphatic rings. The highest BCUT2D eigenvalue weighted by Gasteiger charge is 2.65. The molecule has 1 unspecified atom stereocenters. The van der Waals surface area contributed by atoms with Crippen LogP contribution in [0.1, 0.15) is 17.2 Å². The molecule has 1 atom stereocenters. The minimum absolute atomic E-state index is 0.127. The topological polar surface area (TPSA) is 87.0 Å². The van der Waals surface area contributed by atoms with Gasteiger partial charge in [0.2, 0.25) is 0 Å².